The Morgan fingerprint density at radius 1 is 0.857 bits per heavy atom. The number of rotatable bonds is 6. The third-order valence-electron chi connectivity index (χ3n) is 3.88. The maximum atomic E-state index is 5.31. The van der Waals surface area contributed by atoms with Crippen LogP contribution in [0.1, 0.15) is 11.1 Å². The van der Waals surface area contributed by atoms with Crippen LogP contribution in [0.15, 0.2) is 36.4 Å². The molecule has 0 bridgehead atoms. The van der Waals surface area contributed by atoms with Crippen LogP contribution >= 0.6 is 11.3 Å². The summed E-state index contributed by atoms with van der Waals surface area (Å²) in [7, 11) is 3.52. The number of benzene rings is 2. The van der Waals surface area contributed by atoms with Gasteiger partial charge in [0.05, 0.1) is 13.2 Å². The van der Waals surface area contributed by atoms with Gasteiger partial charge in [0.2, 0.25) is 0 Å². The summed E-state index contributed by atoms with van der Waals surface area (Å²) in [6.07, 6.45) is 1.91. The zero-order valence-corrected chi connectivity index (χ0v) is 13.3. The van der Waals surface area contributed by atoms with Gasteiger partial charge in [0.15, 0.2) is 0 Å². The van der Waals surface area contributed by atoms with Crippen molar-refractivity contribution in [2.45, 2.75) is 12.8 Å². The number of ether oxygens (including phenoxy) is 2. The van der Waals surface area contributed by atoms with E-state index in [2.05, 4.69) is 36.4 Å². The number of hydrogen-bond acceptors (Lipinski definition) is 3. The zero-order chi connectivity index (χ0) is 14.7. The highest BCUT2D eigenvalue weighted by Gasteiger charge is 2.13. The average Bonchev–Trinajstić information content (AvgIpc) is 2.90. The van der Waals surface area contributed by atoms with Gasteiger partial charge in [-0.2, -0.15) is 0 Å². The highest BCUT2D eigenvalue weighted by Crippen LogP contribution is 2.37. The molecule has 21 heavy (non-hydrogen) atoms. The van der Waals surface area contributed by atoms with E-state index in [1.54, 1.807) is 14.2 Å². The van der Waals surface area contributed by atoms with Gasteiger partial charge in [-0.25, -0.2) is 0 Å². The minimum Gasteiger partial charge on any atom is -0.384 e. The summed E-state index contributed by atoms with van der Waals surface area (Å²) in [6.45, 7) is 1.51. The molecule has 0 saturated heterocycles. The molecule has 0 aliphatic heterocycles. The summed E-state index contributed by atoms with van der Waals surface area (Å²) >= 11 is 1.87. The summed E-state index contributed by atoms with van der Waals surface area (Å²) in [5.74, 6) is 0. The van der Waals surface area contributed by atoms with Gasteiger partial charge in [0.25, 0.3) is 0 Å². The molecule has 2 aromatic carbocycles. The third kappa shape index (κ3) is 2.82. The SMILES string of the molecule is COCCc1ccc2sc3ccccc3c2c1CCOC. The highest BCUT2D eigenvalue weighted by molar-refractivity contribution is 7.25. The quantitative estimate of drug-likeness (QED) is 0.670. The third-order valence-corrected chi connectivity index (χ3v) is 5.02. The molecule has 0 N–H and O–H groups in total. The molecular weight excluding hydrogens is 280 g/mol. The Hall–Kier alpha value is -1.42. The second kappa shape index (κ2) is 6.56. The normalized spacial score (nSPS) is 11.5. The first-order valence-electron chi connectivity index (χ1n) is 7.25. The van der Waals surface area contributed by atoms with Crippen molar-refractivity contribution in [2.75, 3.05) is 27.4 Å². The molecule has 2 nitrogen and oxygen atoms in total. The lowest BCUT2D eigenvalue weighted by molar-refractivity contribution is 0.198. The van der Waals surface area contributed by atoms with Crippen LogP contribution in [-0.4, -0.2) is 27.4 Å². The molecule has 110 valence electrons. The van der Waals surface area contributed by atoms with Gasteiger partial charge in [0, 0.05) is 34.4 Å². The van der Waals surface area contributed by atoms with E-state index >= 15 is 0 Å². The molecule has 0 amide bonds. The summed E-state index contributed by atoms with van der Waals surface area (Å²) in [5.41, 5.74) is 2.80. The standard InChI is InChI=1S/C18H20O2S/c1-19-11-9-13-7-8-17-18(14(13)10-12-20-2)15-5-3-4-6-16(15)21-17/h3-8H,9-12H2,1-2H3. The van der Waals surface area contributed by atoms with Crippen molar-refractivity contribution in [1.29, 1.82) is 0 Å². The first-order valence-corrected chi connectivity index (χ1v) is 8.06. The van der Waals surface area contributed by atoms with E-state index < -0.39 is 0 Å². The number of methoxy groups -OCH3 is 2. The largest absolute Gasteiger partial charge is 0.384 e. The number of hydrogen-bond donors (Lipinski definition) is 0. The smallest absolute Gasteiger partial charge is 0.0503 e. The van der Waals surface area contributed by atoms with Gasteiger partial charge < -0.3 is 9.47 Å². The topological polar surface area (TPSA) is 18.5 Å². The lowest BCUT2D eigenvalue weighted by Gasteiger charge is -2.11. The molecule has 1 heterocycles. The van der Waals surface area contributed by atoms with Gasteiger partial charge >= 0.3 is 0 Å². The van der Waals surface area contributed by atoms with E-state index in [9.17, 15) is 0 Å². The maximum Gasteiger partial charge on any atom is 0.0503 e. The molecule has 3 rings (SSSR count). The molecule has 0 unspecified atom stereocenters. The van der Waals surface area contributed by atoms with Gasteiger partial charge in [-0.1, -0.05) is 24.3 Å². The van der Waals surface area contributed by atoms with Crippen LogP contribution in [0.2, 0.25) is 0 Å². The van der Waals surface area contributed by atoms with Gasteiger partial charge in [-0.15, -0.1) is 11.3 Å². The Balaban J connectivity index is 2.20. The molecule has 3 aromatic rings. The van der Waals surface area contributed by atoms with Crippen molar-refractivity contribution in [1.82, 2.24) is 0 Å². The van der Waals surface area contributed by atoms with Crippen LogP contribution < -0.4 is 0 Å². The molecule has 0 atom stereocenters. The Bertz CT molecular complexity index is 745. The first-order chi connectivity index (χ1) is 10.3. The van der Waals surface area contributed by atoms with E-state index in [-0.39, 0.29) is 0 Å². The number of thiophene rings is 1. The van der Waals surface area contributed by atoms with E-state index in [1.807, 2.05) is 11.3 Å². The predicted molar refractivity (Wildman–Crippen MR) is 90.5 cm³/mol. The summed E-state index contributed by atoms with van der Waals surface area (Å²) in [6, 6.07) is 13.2. The fourth-order valence-electron chi connectivity index (χ4n) is 2.87. The zero-order valence-electron chi connectivity index (χ0n) is 12.5. The first kappa shape index (κ1) is 14.5. The fraction of sp³-hybridized carbons (Fsp3) is 0.333. The van der Waals surface area contributed by atoms with Gasteiger partial charge in [0.1, 0.15) is 0 Å². The highest BCUT2D eigenvalue weighted by atomic mass is 32.1. The van der Waals surface area contributed by atoms with E-state index in [1.165, 1.54) is 31.3 Å². The monoisotopic (exact) mass is 300 g/mol. The molecule has 0 radical (unpaired) electrons. The fourth-order valence-corrected chi connectivity index (χ4v) is 4.00. The second-order valence-electron chi connectivity index (χ2n) is 5.16. The Kier molecular flexibility index (Phi) is 4.54. The van der Waals surface area contributed by atoms with Crippen molar-refractivity contribution in [3.8, 4) is 0 Å². The lowest BCUT2D eigenvalue weighted by atomic mass is 9.96. The maximum absolute atomic E-state index is 5.31. The van der Waals surface area contributed by atoms with Crippen molar-refractivity contribution in [2.24, 2.45) is 0 Å². The number of fused-ring (bicyclic) bond motifs is 3. The second-order valence-corrected chi connectivity index (χ2v) is 6.24. The summed E-state index contributed by atoms with van der Waals surface area (Å²) in [5, 5.41) is 2.77. The molecule has 1 aromatic heterocycles. The van der Waals surface area contributed by atoms with E-state index in [0.717, 1.165) is 26.1 Å². The Morgan fingerprint density at radius 3 is 2.43 bits per heavy atom. The van der Waals surface area contributed by atoms with Gasteiger partial charge in [-0.05, 0) is 36.1 Å². The molecule has 0 aliphatic rings. The van der Waals surface area contributed by atoms with Crippen LogP contribution in [-0.2, 0) is 22.3 Å². The molecule has 3 heteroatoms. The Labute approximate surface area is 129 Å². The average molecular weight is 300 g/mol. The van der Waals surface area contributed by atoms with Crippen molar-refractivity contribution in [3.05, 3.63) is 47.5 Å². The summed E-state index contributed by atoms with van der Waals surface area (Å²) in [4.78, 5) is 0. The Morgan fingerprint density at radius 2 is 1.62 bits per heavy atom. The van der Waals surface area contributed by atoms with E-state index in [4.69, 9.17) is 9.47 Å². The minimum absolute atomic E-state index is 0.753. The van der Waals surface area contributed by atoms with Crippen molar-refractivity contribution >= 4 is 31.5 Å². The molecule has 0 spiro atoms. The van der Waals surface area contributed by atoms with Crippen LogP contribution in [0.5, 0.6) is 0 Å². The van der Waals surface area contributed by atoms with E-state index in [0.29, 0.717) is 0 Å². The minimum atomic E-state index is 0.753. The summed E-state index contributed by atoms with van der Waals surface area (Å²) < 4.78 is 13.3. The molecule has 0 saturated carbocycles. The molecule has 0 aliphatic carbocycles. The lowest BCUT2D eigenvalue weighted by Crippen LogP contribution is -2.03. The molecular formula is C18H20O2S. The van der Waals surface area contributed by atoms with Crippen LogP contribution in [0.25, 0.3) is 20.2 Å². The van der Waals surface area contributed by atoms with Crippen molar-refractivity contribution in [3.63, 3.8) is 0 Å². The van der Waals surface area contributed by atoms with Crippen LogP contribution in [0, 0.1) is 0 Å². The van der Waals surface area contributed by atoms with Gasteiger partial charge in [-0.3, -0.25) is 0 Å². The van der Waals surface area contributed by atoms with Crippen molar-refractivity contribution < 1.29 is 9.47 Å². The predicted octanol–water partition coefficient (Wildman–Crippen LogP) is 4.43. The van der Waals surface area contributed by atoms with Crippen LogP contribution in [0.4, 0.5) is 0 Å². The molecule has 0 fully saturated rings. The van der Waals surface area contributed by atoms with Crippen LogP contribution in [0.3, 0.4) is 0 Å².